The third-order valence-corrected chi connectivity index (χ3v) is 2.26. The Bertz CT molecular complexity index is 581. The van der Waals surface area contributed by atoms with Crippen LogP contribution in [0.4, 0.5) is 17.6 Å². The first-order valence-electron chi connectivity index (χ1n) is 4.90. The van der Waals surface area contributed by atoms with Crippen molar-refractivity contribution in [3.8, 4) is 11.3 Å². The molecule has 0 unspecified atom stereocenters. The Morgan fingerprint density at radius 2 is 1.78 bits per heavy atom. The molecule has 0 spiro atoms. The first-order valence-corrected chi connectivity index (χ1v) is 4.90. The van der Waals surface area contributed by atoms with Gasteiger partial charge in [0.05, 0.1) is 18.1 Å². The van der Waals surface area contributed by atoms with Gasteiger partial charge >= 0.3 is 6.18 Å². The summed E-state index contributed by atoms with van der Waals surface area (Å²) in [6.45, 7) is 1.40. The molecule has 0 aliphatic carbocycles. The molecule has 3 nitrogen and oxygen atoms in total. The molecule has 2 rings (SSSR count). The number of hydrogen-bond donors (Lipinski definition) is 0. The van der Waals surface area contributed by atoms with Gasteiger partial charge in [-0.15, -0.1) is 0 Å². The van der Waals surface area contributed by atoms with Gasteiger partial charge in [-0.3, -0.25) is 4.98 Å². The fraction of sp³-hybridized carbons (Fsp3) is 0.182. The highest BCUT2D eigenvalue weighted by Crippen LogP contribution is 2.30. The quantitative estimate of drug-likeness (QED) is 0.737. The highest BCUT2D eigenvalue weighted by Gasteiger charge is 2.32. The number of aromatic nitrogens is 3. The normalized spacial score (nSPS) is 11.6. The van der Waals surface area contributed by atoms with E-state index in [1.165, 1.54) is 19.2 Å². The summed E-state index contributed by atoms with van der Waals surface area (Å²) >= 11 is 0. The Kier molecular flexibility index (Phi) is 2.98. The minimum atomic E-state index is -4.50. The molecule has 2 aromatic heterocycles. The van der Waals surface area contributed by atoms with Gasteiger partial charge in [-0.25, -0.2) is 9.97 Å². The Balaban J connectivity index is 2.48. The molecule has 18 heavy (non-hydrogen) atoms. The molecule has 0 atom stereocenters. The first-order chi connectivity index (χ1) is 8.38. The molecule has 7 heteroatoms. The maximum atomic E-state index is 12.9. The van der Waals surface area contributed by atoms with Gasteiger partial charge < -0.3 is 0 Å². The summed E-state index contributed by atoms with van der Waals surface area (Å²) in [7, 11) is 0. The highest BCUT2D eigenvalue weighted by atomic mass is 19.4. The predicted octanol–water partition coefficient (Wildman–Crippen LogP) is 3.00. The van der Waals surface area contributed by atoms with Crippen LogP contribution in [0.5, 0.6) is 0 Å². The van der Waals surface area contributed by atoms with E-state index in [0.717, 1.165) is 12.3 Å². The molecule has 0 radical (unpaired) electrons. The number of pyridine rings is 1. The number of alkyl halides is 3. The summed E-state index contributed by atoms with van der Waals surface area (Å²) in [6, 6.07) is 2.03. The molecule has 0 amide bonds. The third kappa shape index (κ3) is 2.44. The fourth-order valence-electron chi connectivity index (χ4n) is 1.46. The number of rotatable bonds is 1. The first kappa shape index (κ1) is 12.4. The van der Waals surface area contributed by atoms with Crippen LogP contribution in [0.2, 0.25) is 0 Å². The van der Waals surface area contributed by atoms with Gasteiger partial charge in [0.15, 0.2) is 0 Å². The molecule has 0 bridgehead atoms. The minimum absolute atomic E-state index is 0.115. The summed E-state index contributed by atoms with van der Waals surface area (Å²) in [4.78, 5) is 10.6. The van der Waals surface area contributed by atoms with E-state index in [-0.39, 0.29) is 11.4 Å². The minimum Gasteiger partial charge on any atom is -0.258 e. The standard InChI is InChI=1S/C11H7F4N3/c1-6-7(8-4-16-5-10(12)18-8)2-3-9(17-6)11(13,14)15/h2-5H,1H3. The molecule has 94 valence electrons. The zero-order valence-corrected chi connectivity index (χ0v) is 9.16. The number of nitrogens with zero attached hydrogens (tertiary/aromatic N) is 3. The Morgan fingerprint density at radius 3 is 2.33 bits per heavy atom. The average molecular weight is 257 g/mol. The lowest BCUT2D eigenvalue weighted by molar-refractivity contribution is -0.141. The summed E-state index contributed by atoms with van der Waals surface area (Å²) in [5.41, 5.74) is -0.415. The van der Waals surface area contributed by atoms with Gasteiger partial charge in [-0.1, -0.05) is 0 Å². The van der Waals surface area contributed by atoms with E-state index < -0.39 is 17.8 Å². The third-order valence-electron chi connectivity index (χ3n) is 2.26. The monoisotopic (exact) mass is 257 g/mol. The van der Waals surface area contributed by atoms with E-state index in [1.54, 1.807) is 0 Å². The molecular weight excluding hydrogens is 250 g/mol. The maximum absolute atomic E-state index is 12.9. The van der Waals surface area contributed by atoms with E-state index in [2.05, 4.69) is 15.0 Å². The lowest BCUT2D eigenvalue weighted by Crippen LogP contribution is -2.09. The molecule has 0 aromatic carbocycles. The van der Waals surface area contributed by atoms with Crippen molar-refractivity contribution in [1.29, 1.82) is 0 Å². The van der Waals surface area contributed by atoms with Crippen LogP contribution in [-0.2, 0) is 6.18 Å². The van der Waals surface area contributed by atoms with E-state index in [1.807, 2.05) is 0 Å². The maximum Gasteiger partial charge on any atom is 0.433 e. The van der Waals surface area contributed by atoms with Crippen molar-refractivity contribution in [2.24, 2.45) is 0 Å². The molecule has 0 N–H and O–H groups in total. The Hall–Kier alpha value is -2.05. The molecular formula is C11H7F4N3. The van der Waals surface area contributed by atoms with Gasteiger partial charge in [-0.05, 0) is 19.1 Å². The molecule has 0 saturated carbocycles. The van der Waals surface area contributed by atoms with Gasteiger partial charge in [-0.2, -0.15) is 17.6 Å². The van der Waals surface area contributed by atoms with E-state index in [0.29, 0.717) is 5.56 Å². The molecule has 0 saturated heterocycles. The lowest BCUT2D eigenvalue weighted by Gasteiger charge is -2.09. The van der Waals surface area contributed by atoms with E-state index >= 15 is 0 Å². The van der Waals surface area contributed by atoms with Crippen molar-refractivity contribution in [2.75, 3.05) is 0 Å². The van der Waals surface area contributed by atoms with Crippen LogP contribution >= 0.6 is 0 Å². The van der Waals surface area contributed by atoms with Crippen LogP contribution in [0.25, 0.3) is 11.3 Å². The second-order valence-corrected chi connectivity index (χ2v) is 3.55. The average Bonchev–Trinajstić information content (AvgIpc) is 2.27. The van der Waals surface area contributed by atoms with Crippen molar-refractivity contribution in [3.63, 3.8) is 0 Å². The molecule has 0 aliphatic rings. The van der Waals surface area contributed by atoms with Crippen LogP contribution in [0.15, 0.2) is 24.5 Å². The van der Waals surface area contributed by atoms with Crippen LogP contribution in [-0.4, -0.2) is 15.0 Å². The van der Waals surface area contributed by atoms with Crippen LogP contribution in [0, 0.1) is 12.9 Å². The zero-order chi connectivity index (χ0) is 13.3. The Labute approximate surface area is 99.5 Å². The van der Waals surface area contributed by atoms with Gasteiger partial charge in [0.2, 0.25) is 5.95 Å². The summed E-state index contributed by atoms with van der Waals surface area (Å²) in [5.74, 6) is -0.799. The lowest BCUT2D eigenvalue weighted by atomic mass is 10.1. The van der Waals surface area contributed by atoms with Crippen molar-refractivity contribution < 1.29 is 17.6 Å². The summed E-state index contributed by atoms with van der Waals surface area (Å²) in [5, 5.41) is 0. The molecule has 0 aliphatic heterocycles. The van der Waals surface area contributed by atoms with Gasteiger partial charge in [0, 0.05) is 11.3 Å². The molecule has 0 fully saturated rings. The Morgan fingerprint density at radius 1 is 1.06 bits per heavy atom. The van der Waals surface area contributed by atoms with Crippen molar-refractivity contribution >= 4 is 0 Å². The predicted molar refractivity (Wildman–Crippen MR) is 55.0 cm³/mol. The largest absolute Gasteiger partial charge is 0.433 e. The topological polar surface area (TPSA) is 38.7 Å². The second kappa shape index (κ2) is 4.32. The van der Waals surface area contributed by atoms with Crippen LogP contribution in [0.3, 0.4) is 0 Å². The fourth-order valence-corrected chi connectivity index (χ4v) is 1.46. The second-order valence-electron chi connectivity index (χ2n) is 3.55. The van der Waals surface area contributed by atoms with E-state index in [9.17, 15) is 17.6 Å². The van der Waals surface area contributed by atoms with E-state index in [4.69, 9.17) is 0 Å². The number of aryl methyl sites for hydroxylation is 1. The molecule has 2 aromatic rings. The number of halogens is 4. The summed E-state index contributed by atoms with van der Waals surface area (Å²) < 4.78 is 50.1. The smallest absolute Gasteiger partial charge is 0.258 e. The van der Waals surface area contributed by atoms with Gasteiger partial charge in [0.1, 0.15) is 5.69 Å². The van der Waals surface area contributed by atoms with Crippen molar-refractivity contribution in [3.05, 3.63) is 41.9 Å². The molecule has 2 heterocycles. The summed E-state index contributed by atoms with van der Waals surface area (Å²) in [6.07, 6.45) is -2.33. The zero-order valence-electron chi connectivity index (χ0n) is 9.16. The number of hydrogen-bond acceptors (Lipinski definition) is 3. The van der Waals surface area contributed by atoms with Crippen LogP contribution < -0.4 is 0 Å². The van der Waals surface area contributed by atoms with Crippen LogP contribution in [0.1, 0.15) is 11.4 Å². The highest BCUT2D eigenvalue weighted by molar-refractivity contribution is 5.60. The van der Waals surface area contributed by atoms with Crippen molar-refractivity contribution in [2.45, 2.75) is 13.1 Å². The van der Waals surface area contributed by atoms with Crippen molar-refractivity contribution in [1.82, 2.24) is 15.0 Å². The SMILES string of the molecule is Cc1nc(C(F)(F)F)ccc1-c1cncc(F)n1. The van der Waals surface area contributed by atoms with Gasteiger partial charge in [0.25, 0.3) is 0 Å².